The first kappa shape index (κ1) is 20.2. The number of nitrogens with zero attached hydrogens (tertiary/aromatic N) is 1. The molecular formula is C19H41NOSi. The summed E-state index contributed by atoms with van der Waals surface area (Å²) in [5.41, 5.74) is 0. The molecule has 132 valence electrons. The maximum absolute atomic E-state index is 6.60. The highest BCUT2D eigenvalue weighted by Gasteiger charge is 2.39. The Hall–Kier alpha value is 0.137. The predicted octanol–water partition coefficient (Wildman–Crippen LogP) is 5.83. The molecule has 0 aromatic heterocycles. The lowest BCUT2D eigenvalue weighted by atomic mass is 9.92. The van der Waals surface area contributed by atoms with E-state index in [1.165, 1.54) is 57.9 Å². The quantitative estimate of drug-likeness (QED) is 0.410. The van der Waals surface area contributed by atoms with Gasteiger partial charge in [-0.1, -0.05) is 47.0 Å². The van der Waals surface area contributed by atoms with E-state index in [0.29, 0.717) is 11.1 Å². The van der Waals surface area contributed by atoms with Crippen LogP contribution in [0.5, 0.6) is 0 Å². The van der Waals surface area contributed by atoms with Gasteiger partial charge in [-0.15, -0.1) is 0 Å². The second-order valence-corrected chi connectivity index (χ2v) is 13.6. The molecule has 3 heteroatoms. The summed E-state index contributed by atoms with van der Waals surface area (Å²) in [5, 5.41) is 0.333. The summed E-state index contributed by atoms with van der Waals surface area (Å²) in [6.45, 7) is 15.4. The number of rotatable bonds is 8. The Kier molecular flexibility index (Phi) is 8.11. The molecule has 0 aromatic carbocycles. The van der Waals surface area contributed by atoms with Crippen LogP contribution in [0, 0.1) is 0 Å². The molecule has 0 N–H and O–H groups in total. The summed E-state index contributed by atoms with van der Waals surface area (Å²) in [5.74, 6) is 0. The van der Waals surface area contributed by atoms with Crippen LogP contribution in [0.4, 0.5) is 0 Å². The van der Waals surface area contributed by atoms with E-state index in [-0.39, 0.29) is 0 Å². The van der Waals surface area contributed by atoms with Crippen molar-refractivity contribution in [3.63, 3.8) is 0 Å². The Morgan fingerprint density at radius 2 is 1.59 bits per heavy atom. The van der Waals surface area contributed by atoms with Crippen molar-refractivity contribution in [1.82, 2.24) is 4.90 Å². The van der Waals surface area contributed by atoms with E-state index in [9.17, 15) is 0 Å². The van der Waals surface area contributed by atoms with E-state index in [1.807, 2.05) is 0 Å². The standard InChI is InChI=1S/C19H41NOSi/c1-8-9-10-11-16-20(5)17-12-14-18(15-13-17)21-22(6,7)19(2,3)4/h17-18H,8-16H2,1-7H3. The van der Waals surface area contributed by atoms with Crippen LogP contribution >= 0.6 is 0 Å². The Labute approximate surface area is 141 Å². The molecular weight excluding hydrogens is 286 g/mol. The third-order valence-corrected chi connectivity index (χ3v) is 10.4. The first-order chi connectivity index (χ1) is 10.2. The third-order valence-electron chi connectivity index (χ3n) is 5.90. The average molecular weight is 328 g/mol. The van der Waals surface area contributed by atoms with Gasteiger partial charge in [0.25, 0.3) is 0 Å². The lowest BCUT2D eigenvalue weighted by Crippen LogP contribution is -2.46. The fourth-order valence-electron chi connectivity index (χ4n) is 3.17. The Morgan fingerprint density at radius 3 is 2.09 bits per heavy atom. The van der Waals surface area contributed by atoms with E-state index >= 15 is 0 Å². The van der Waals surface area contributed by atoms with Crippen LogP contribution in [0.25, 0.3) is 0 Å². The first-order valence-electron chi connectivity index (χ1n) is 9.55. The van der Waals surface area contributed by atoms with E-state index in [4.69, 9.17) is 4.43 Å². The Morgan fingerprint density at radius 1 is 1.00 bits per heavy atom. The molecule has 0 unspecified atom stereocenters. The second kappa shape index (κ2) is 8.84. The highest BCUT2D eigenvalue weighted by molar-refractivity contribution is 6.74. The monoisotopic (exact) mass is 327 g/mol. The van der Waals surface area contributed by atoms with E-state index < -0.39 is 8.32 Å². The van der Waals surface area contributed by atoms with Gasteiger partial charge < -0.3 is 9.33 Å². The minimum Gasteiger partial charge on any atom is -0.414 e. The number of hydrogen-bond acceptors (Lipinski definition) is 2. The van der Waals surface area contributed by atoms with E-state index in [0.717, 1.165) is 6.04 Å². The average Bonchev–Trinajstić information content (AvgIpc) is 2.42. The first-order valence-corrected chi connectivity index (χ1v) is 12.5. The summed E-state index contributed by atoms with van der Waals surface area (Å²) >= 11 is 0. The van der Waals surface area contributed by atoms with Crippen LogP contribution in [0.15, 0.2) is 0 Å². The molecule has 0 aromatic rings. The third kappa shape index (κ3) is 6.33. The molecule has 1 aliphatic carbocycles. The Bertz CT molecular complexity index is 303. The van der Waals surface area contributed by atoms with Crippen molar-refractivity contribution in [2.45, 2.75) is 109 Å². The molecule has 2 nitrogen and oxygen atoms in total. The molecule has 1 rings (SSSR count). The predicted molar refractivity (Wildman–Crippen MR) is 101 cm³/mol. The molecule has 0 heterocycles. The zero-order valence-electron chi connectivity index (χ0n) is 16.4. The van der Waals surface area contributed by atoms with Crippen LogP contribution in [-0.2, 0) is 4.43 Å². The number of hydrogen-bond donors (Lipinski definition) is 0. The molecule has 0 radical (unpaired) electrons. The van der Waals surface area contributed by atoms with Gasteiger partial charge in [0.2, 0.25) is 0 Å². The molecule has 22 heavy (non-hydrogen) atoms. The van der Waals surface area contributed by atoms with Gasteiger partial charge in [-0.05, 0) is 63.8 Å². The number of unbranched alkanes of at least 4 members (excludes halogenated alkanes) is 3. The zero-order valence-corrected chi connectivity index (χ0v) is 17.4. The van der Waals surface area contributed by atoms with E-state index in [1.54, 1.807) is 0 Å². The highest BCUT2D eigenvalue weighted by Crippen LogP contribution is 2.39. The summed E-state index contributed by atoms with van der Waals surface area (Å²) in [4.78, 5) is 2.61. The lowest BCUT2D eigenvalue weighted by Gasteiger charge is -2.42. The molecule has 0 aliphatic heterocycles. The van der Waals surface area contributed by atoms with Gasteiger partial charge in [-0.2, -0.15) is 0 Å². The van der Waals surface area contributed by atoms with Crippen molar-refractivity contribution < 1.29 is 4.43 Å². The lowest BCUT2D eigenvalue weighted by molar-refractivity contribution is 0.0901. The van der Waals surface area contributed by atoms with Crippen LogP contribution < -0.4 is 0 Å². The minimum absolute atomic E-state index is 0.333. The molecule has 0 atom stereocenters. The van der Waals surface area contributed by atoms with Gasteiger partial charge in [-0.25, -0.2) is 0 Å². The van der Waals surface area contributed by atoms with Crippen molar-refractivity contribution in [3.8, 4) is 0 Å². The SMILES string of the molecule is CCCCCCN(C)C1CCC(O[Si](C)(C)C(C)(C)C)CC1. The molecule has 1 saturated carbocycles. The van der Waals surface area contributed by atoms with Crippen molar-refractivity contribution >= 4 is 8.32 Å². The normalized spacial score (nSPS) is 24.0. The molecule has 0 bridgehead atoms. The smallest absolute Gasteiger partial charge is 0.192 e. The fourth-order valence-corrected chi connectivity index (χ4v) is 4.59. The van der Waals surface area contributed by atoms with Crippen molar-refractivity contribution in [2.24, 2.45) is 0 Å². The molecule has 0 spiro atoms. The summed E-state index contributed by atoms with van der Waals surface area (Å²) in [6.07, 6.45) is 11.2. The molecule has 0 saturated heterocycles. The zero-order chi connectivity index (χ0) is 16.8. The summed E-state index contributed by atoms with van der Waals surface area (Å²) in [7, 11) is 0.740. The molecule has 1 fully saturated rings. The van der Waals surface area contributed by atoms with E-state index in [2.05, 4.69) is 52.7 Å². The van der Waals surface area contributed by atoms with Crippen LogP contribution in [0.2, 0.25) is 18.1 Å². The van der Waals surface area contributed by atoms with Gasteiger partial charge in [0.1, 0.15) is 0 Å². The summed E-state index contributed by atoms with van der Waals surface area (Å²) < 4.78 is 6.60. The minimum atomic E-state index is -1.59. The van der Waals surface area contributed by atoms with Gasteiger partial charge in [0.15, 0.2) is 8.32 Å². The fraction of sp³-hybridized carbons (Fsp3) is 1.00. The highest BCUT2D eigenvalue weighted by atomic mass is 28.4. The van der Waals surface area contributed by atoms with Crippen LogP contribution in [0.1, 0.15) is 79.1 Å². The molecule has 1 aliphatic rings. The van der Waals surface area contributed by atoms with Crippen LogP contribution in [-0.4, -0.2) is 39.0 Å². The van der Waals surface area contributed by atoms with Crippen molar-refractivity contribution in [1.29, 1.82) is 0 Å². The Balaban J connectivity index is 2.31. The van der Waals surface area contributed by atoms with Gasteiger partial charge in [0.05, 0.1) is 0 Å². The maximum Gasteiger partial charge on any atom is 0.192 e. The molecule has 0 amide bonds. The topological polar surface area (TPSA) is 12.5 Å². The second-order valence-electron chi connectivity index (χ2n) is 8.85. The van der Waals surface area contributed by atoms with Crippen LogP contribution in [0.3, 0.4) is 0 Å². The summed E-state index contributed by atoms with van der Waals surface area (Å²) in [6, 6.07) is 0.792. The van der Waals surface area contributed by atoms with Crippen molar-refractivity contribution in [3.05, 3.63) is 0 Å². The largest absolute Gasteiger partial charge is 0.414 e. The van der Waals surface area contributed by atoms with Gasteiger partial charge in [0, 0.05) is 12.1 Å². The van der Waals surface area contributed by atoms with Gasteiger partial charge in [-0.3, -0.25) is 0 Å². The van der Waals surface area contributed by atoms with Crippen molar-refractivity contribution in [2.75, 3.05) is 13.6 Å². The maximum atomic E-state index is 6.60. The van der Waals surface area contributed by atoms with Gasteiger partial charge >= 0.3 is 0 Å².